The molecule has 2 aromatic rings. The second-order valence-corrected chi connectivity index (χ2v) is 6.92. The standard InChI is InChI=1S/C19H26N6.ClH/c1-2-8-20-18(5-1)24-11-6-17(7-12-24)21-13-16-14-22-19(23-15-16)25-9-3-4-10-25;/h1-2,5,8,14-15,17,21H,3-4,6-7,9-13H2;1H. The molecule has 4 rings (SSSR count). The van der Waals surface area contributed by atoms with E-state index >= 15 is 0 Å². The number of halogens is 1. The zero-order valence-corrected chi connectivity index (χ0v) is 15.9. The number of hydrogen-bond acceptors (Lipinski definition) is 6. The van der Waals surface area contributed by atoms with Gasteiger partial charge in [0, 0.05) is 62.9 Å². The first-order valence-corrected chi connectivity index (χ1v) is 9.34. The van der Waals surface area contributed by atoms with Crippen LogP contribution in [0.15, 0.2) is 36.8 Å². The molecule has 0 spiro atoms. The normalized spacial score (nSPS) is 18.0. The molecule has 6 nitrogen and oxygen atoms in total. The lowest BCUT2D eigenvalue weighted by Crippen LogP contribution is -2.42. The number of rotatable bonds is 5. The molecule has 4 heterocycles. The predicted octanol–water partition coefficient (Wildman–Crippen LogP) is 2.65. The Bertz CT molecular complexity index is 651. The van der Waals surface area contributed by atoms with E-state index in [4.69, 9.17) is 0 Å². The van der Waals surface area contributed by atoms with E-state index in [2.05, 4.69) is 42.2 Å². The van der Waals surface area contributed by atoms with Gasteiger partial charge in [0.05, 0.1) is 0 Å². The highest BCUT2D eigenvalue weighted by Crippen LogP contribution is 2.18. The molecule has 2 fully saturated rings. The van der Waals surface area contributed by atoms with Crippen molar-refractivity contribution in [2.45, 2.75) is 38.3 Å². The van der Waals surface area contributed by atoms with Crippen LogP contribution in [0.1, 0.15) is 31.2 Å². The summed E-state index contributed by atoms with van der Waals surface area (Å²) < 4.78 is 0. The molecule has 0 aromatic carbocycles. The van der Waals surface area contributed by atoms with E-state index < -0.39 is 0 Å². The van der Waals surface area contributed by atoms with Crippen LogP contribution in [-0.2, 0) is 6.54 Å². The highest BCUT2D eigenvalue weighted by atomic mass is 35.5. The van der Waals surface area contributed by atoms with E-state index in [0.717, 1.165) is 62.9 Å². The van der Waals surface area contributed by atoms with E-state index in [1.807, 2.05) is 24.7 Å². The van der Waals surface area contributed by atoms with Gasteiger partial charge in [-0.3, -0.25) is 0 Å². The van der Waals surface area contributed by atoms with E-state index in [-0.39, 0.29) is 12.4 Å². The monoisotopic (exact) mass is 374 g/mol. The van der Waals surface area contributed by atoms with Crippen molar-refractivity contribution in [3.05, 3.63) is 42.4 Å². The third-order valence-corrected chi connectivity index (χ3v) is 5.14. The Morgan fingerprint density at radius 1 is 0.923 bits per heavy atom. The molecule has 2 aliphatic rings. The van der Waals surface area contributed by atoms with Gasteiger partial charge < -0.3 is 15.1 Å². The zero-order valence-electron chi connectivity index (χ0n) is 15.0. The van der Waals surface area contributed by atoms with Gasteiger partial charge in [-0.05, 0) is 37.8 Å². The van der Waals surface area contributed by atoms with Gasteiger partial charge in [0.1, 0.15) is 5.82 Å². The molecule has 2 aromatic heterocycles. The van der Waals surface area contributed by atoms with Crippen molar-refractivity contribution in [1.29, 1.82) is 0 Å². The summed E-state index contributed by atoms with van der Waals surface area (Å²) in [6.07, 6.45) is 10.6. The Kier molecular flexibility index (Phi) is 6.63. The largest absolute Gasteiger partial charge is 0.357 e. The number of nitrogens with zero attached hydrogens (tertiary/aromatic N) is 5. The summed E-state index contributed by atoms with van der Waals surface area (Å²) in [7, 11) is 0. The molecule has 0 atom stereocenters. The molecule has 2 saturated heterocycles. The Morgan fingerprint density at radius 3 is 2.31 bits per heavy atom. The van der Waals surface area contributed by atoms with Crippen LogP contribution in [0.25, 0.3) is 0 Å². The Balaban J connectivity index is 0.00000196. The Labute approximate surface area is 161 Å². The number of piperidine rings is 1. The van der Waals surface area contributed by atoms with Crippen LogP contribution < -0.4 is 15.1 Å². The van der Waals surface area contributed by atoms with Crippen LogP contribution in [0.2, 0.25) is 0 Å². The number of hydrogen-bond donors (Lipinski definition) is 1. The molecule has 0 aliphatic carbocycles. The van der Waals surface area contributed by atoms with E-state index in [1.165, 1.54) is 12.8 Å². The smallest absolute Gasteiger partial charge is 0.225 e. The van der Waals surface area contributed by atoms with Gasteiger partial charge in [-0.1, -0.05) is 6.07 Å². The van der Waals surface area contributed by atoms with Crippen molar-refractivity contribution in [3.8, 4) is 0 Å². The maximum absolute atomic E-state index is 4.53. The van der Waals surface area contributed by atoms with Crippen LogP contribution in [-0.4, -0.2) is 47.2 Å². The van der Waals surface area contributed by atoms with Crippen molar-refractivity contribution in [3.63, 3.8) is 0 Å². The molecule has 0 unspecified atom stereocenters. The summed E-state index contributed by atoms with van der Waals surface area (Å²) in [5.74, 6) is 1.97. The third-order valence-electron chi connectivity index (χ3n) is 5.14. The van der Waals surface area contributed by atoms with Gasteiger partial charge in [-0.15, -0.1) is 12.4 Å². The topological polar surface area (TPSA) is 57.2 Å². The maximum atomic E-state index is 4.53. The van der Waals surface area contributed by atoms with Gasteiger partial charge in [0.2, 0.25) is 5.95 Å². The Morgan fingerprint density at radius 2 is 1.65 bits per heavy atom. The maximum Gasteiger partial charge on any atom is 0.225 e. The molecule has 0 bridgehead atoms. The second-order valence-electron chi connectivity index (χ2n) is 6.92. The van der Waals surface area contributed by atoms with E-state index in [0.29, 0.717) is 6.04 Å². The zero-order chi connectivity index (χ0) is 16.9. The molecule has 0 saturated carbocycles. The van der Waals surface area contributed by atoms with Crippen LogP contribution in [0.3, 0.4) is 0 Å². The highest BCUT2D eigenvalue weighted by Gasteiger charge is 2.20. The number of aromatic nitrogens is 3. The van der Waals surface area contributed by atoms with Gasteiger partial charge in [-0.25, -0.2) is 15.0 Å². The van der Waals surface area contributed by atoms with Gasteiger partial charge in [0.25, 0.3) is 0 Å². The molecule has 7 heteroatoms. The quantitative estimate of drug-likeness (QED) is 0.868. The summed E-state index contributed by atoms with van der Waals surface area (Å²) in [6, 6.07) is 6.67. The fourth-order valence-corrected chi connectivity index (χ4v) is 3.64. The van der Waals surface area contributed by atoms with Crippen LogP contribution >= 0.6 is 12.4 Å². The first kappa shape index (κ1) is 18.9. The number of pyridine rings is 1. The molecule has 140 valence electrons. The van der Waals surface area contributed by atoms with Crippen LogP contribution in [0, 0.1) is 0 Å². The SMILES string of the molecule is Cl.c1ccc(N2CCC(NCc3cnc(N4CCCC4)nc3)CC2)nc1. The average molecular weight is 375 g/mol. The molecule has 1 N–H and O–H groups in total. The van der Waals surface area contributed by atoms with Crippen molar-refractivity contribution in [2.24, 2.45) is 0 Å². The summed E-state index contributed by atoms with van der Waals surface area (Å²) in [5.41, 5.74) is 1.16. The lowest BCUT2D eigenvalue weighted by atomic mass is 10.0. The number of nitrogens with one attached hydrogen (secondary N) is 1. The average Bonchev–Trinajstić information content (AvgIpc) is 3.23. The van der Waals surface area contributed by atoms with Gasteiger partial charge in [-0.2, -0.15) is 0 Å². The van der Waals surface area contributed by atoms with Crippen molar-refractivity contribution in [1.82, 2.24) is 20.3 Å². The lowest BCUT2D eigenvalue weighted by molar-refractivity contribution is 0.412. The van der Waals surface area contributed by atoms with Gasteiger partial charge in [0.15, 0.2) is 0 Å². The van der Waals surface area contributed by atoms with Crippen LogP contribution in [0.4, 0.5) is 11.8 Å². The molecule has 0 amide bonds. The van der Waals surface area contributed by atoms with Crippen molar-refractivity contribution in [2.75, 3.05) is 36.0 Å². The summed E-state index contributed by atoms with van der Waals surface area (Å²) in [5, 5.41) is 3.66. The Hall–Kier alpha value is -1.92. The van der Waals surface area contributed by atoms with E-state index in [9.17, 15) is 0 Å². The fourth-order valence-electron chi connectivity index (χ4n) is 3.64. The van der Waals surface area contributed by atoms with Crippen molar-refractivity contribution < 1.29 is 0 Å². The first-order chi connectivity index (χ1) is 12.4. The third kappa shape index (κ3) is 4.62. The molecular weight excluding hydrogens is 348 g/mol. The summed E-state index contributed by atoms with van der Waals surface area (Å²) >= 11 is 0. The minimum Gasteiger partial charge on any atom is -0.357 e. The van der Waals surface area contributed by atoms with Crippen molar-refractivity contribution >= 4 is 24.2 Å². The molecular formula is C19H27ClN6. The lowest BCUT2D eigenvalue weighted by Gasteiger charge is -2.33. The van der Waals surface area contributed by atoms with Crippen LogP contribution in [0.5, 0.6) is 0 Å². The molecule has 2 aliphatic heterocycles. The minimum atomic E-state index is 0. The van der Waals surface area contributed by atoms with E-state index in [1.54, 1.807) is 0 Å². The number of anilines is 2. The molecule has 26 heavy (non-hydrogen) atoms. The summed E-state index contributed by atoms with van der Waals surface area (Å²) in [6.45, 7) is 5.13. The van der Waals surface area contributed by atoms with Gasteiger partial charge >= 0.3 is 0 Å². The predicted molar refractivity (Wildman–Crippen MR) is 107 cm³/mol. The summed E-state index contributed by atoms with van der Waals surface area (Å²) in [4.78, 5) is 18.2. The first-order valence-electron chi connectivity index (χ1n) is 9.34. The highest BCUT2D eigenvalue weighted by molar-refractivity contribution is 5.85. The molecule has 0 radical (unpaired) electrons. The fraction of sp³-hybridized carbons (Fsp3) is 0.526. The second kappa shape index (κ2) is 9.14. The minimum absolute atomic E-state index is 0.